The first-order chi connectivity index (χ1) is 16.3. The molecule has 0 bridgehead atoms. The molecular formula is C30H45NO3. The second-order valence-electron chi connectivity index (χ2n) is 12.2. The molecule has 4 saturated carbocycles. The minimum Gasteiger partial charge on any atom is -0.393 e. The Morgan fingerprint density at radius 1 is 1.18 bits per heavy atom. The van der Waals surface area contributed by atoms with Gasteiger partial charge in [-0.3, -0.25) is 4.79 Å². The quantitative estimate of drug-likeness (QED) is 0.284. The van der Waals surface area contributed by atoms with Gasteiger partial charge in [0.15, 0.2) is 0 Å². The number of fused-ring (bicyclic) bond motifs is 5. The van der Waals surface area contributed by atoms with Gasteiger partial charge in [0.05, 0.1) is 18.8 Å². The van der Waals surface area contributed by atoms with Crippen LogP contribution in [-0.4, -0.2) is 34.9 Å². The first kappa shape index (κ1) is 25.5. The van der Waals surface area contributed by atoms with E-state index in [1.54, 1.807) is 6.08 Å². The van der Waals surface area contributed by atoms with Crippen molar-refractivity contribution in [3.63, 3.8) is 0 Å². The minimum absolute atomic E-state index is 0.0642. The fourth-order valence-electron chi connectivity index (χ4n) is 9.10. The van der Waals surface area contributed by atoms with Gasteiger partial charge in [0.25, 0.3) is 0 Å². The molecule has 0 aromatic carbocycles. The Bertz CT molecular complexity index is 829. The zero-order chi connectivity index (χ0) is 24.5. The highest BCUT2D eigenvalue weighted by atomic mass is 16.3. The summed E-state index contributed by atoms with van der Waals surface area (Å²) in [6, 6.07) is 0. The summed E-state index contributed by atoms with van der Waals surface area (Å²) in [4.78, 5) is 11.8. The number of carbonyl (C=O) groups is 1. The van der Waals surface area contributed by atoms with Gasteiger partial charge in [0, 0.05) is 0 Å². The topological polar surface area (TPSA) is 69.6 Å². The van der Waals surface area contributed by atoms with Crippen LogP contribution in [0.1, 0.15) is 78.1 Å². The lowest BCUT2D eigenvalue weighted by atomic mass is 9.43. The van der Waals surface area contributed by atoms with Crippen molar-refractivity contribution in [1.82, 2.24) is 5.32 Å². The van der Waals surface area contributed by atoms with Crippen molar-refractivity contribution in [3.05, 3.63) is 24.8 Å². The van der Waals surface area contributed by atoms with Crippen LogP contribution in [0.3, 0.4) is 0 Å². The maximum absolute atomic E-state index is 11.8. The molecule has 34 heavy (non-hydrogen) atoms. The van der Waals surface area contributed by atoms with Crippen LogP contribution < -0.4 is 5.32 Å². The number of amides is 1. The summed E-state index contributed by atoms with van der Waals surface area (Å²) in [5.74, 6) is 5.51. The minimum atomic E-state index is -0.277. The molecular weight excluding hydrogens is 422 g/mol. The fraction of sp³-hybridized carbons (Fsp3) is 0.767. The van der Waals surface area contributed by atoms with Crippen LogP contribution >= 0.6 is 0 Å². The first-order valence-corrected chi connectivity index (χ1v) is 13.6. The zero-order valence-corrected chi connectivity index (χ0v) is 21.2. The van der Waals surface area contributed by atoms with Crippen LogP contribution in [0.4, 0.5) is 0 Å². The van der Waals surface area contributed by atoms with Crippen molar-refractivity contribution in [1.29, 1.82) is 0 Å². The maximum atomic E-state index is 11.8. The van der Waals surface area contributed by atoms with E-state index in [-0.39, 0.29) is 35.5 Å². The number of hydrogen-bond acceptors (Lipinski definition) is 3. The molecule has 4 aliphatic rings. The molecule has 4 nitrogen and oxygen atoms in total. The Balaban J connectivity index is 1.45. The zero-order valence-electron chi connectivity index (χ0n) is 21.2. The molecule has 0 aromatic rings. The third kappa shape index (κ3) is 4.40. The van der Waals surface area contributed by atoms with Gasteiger partial charge >= 0.3 is 0 Å². The standard InChI is InChI=1S/C30H45NO3/c1-5-17-31-28(34)10-8-7-9-20(6-2)24-13-14-25-23-12-11-21-18-22(32)15-16-29(21,3)26(23)19-27(33)30(24,25)4/h1,6,8,10,20-27,32-33H,2,7,9,11-19H2,3-4H3,(H,31,34)/b10-8+/t20-,21-,22-,23+,24-,25+,26?,27?,29+,30-/m1/s1. The van der Waals surface area contributed by atoms with E-state index in [9.17, 15) is 15.0 Å². The van der Waals surface area contributed by atoms with E-state index in [0.29, 0.717) is 35.5 Å². The summed E-state index contributed by atoms with van der Waals surface area (Å²) in [7, 11) is 0. The molecule has 1 amide bonds. The molecule has 10 atom stereocenters. The van der Waals surface area contributed by atoms with Crippen molar-refractivity contribution >= 4 is 5.91 Å². The predicted octanol–water partition coefficient (Wildman–Crippen LogP) is 4.87. The number of nitrogens with one attached hydrogen (secondary N) is 1. The Morgan fingerprint density at radius 2 is 1.97 bits per heavy atom. The third-order valence-corrected chi connectivity index (χ3v) is 10.9. The summed E-state index contributed by atoms with van der Waals surface area (Å²) in [6.45, 7) is 9.27. The van der Waals surface area contributed by atoms with E-state index in [1.165, 1.54) is 19.3 Å². The summed E-state index contributed by atoms with van der Waals surface area (Å²) < 4.78 is 0. The predicted molar refractivity (Wildman–Crippen MR) is 137 cm³/mol. The average molecular weight is 468 g/mol. The lowest BCUT2D eigenvalue weighted by Crippen LogP contribution is -2.58. The van der Waals surface area contributed by atoms with Gasteiger partial charge in [-0.2, -0.15) is 0 Å². The Labute approximate surface area is 206 Å². The van der Waals surface area contributed by atoms with Crippen LogP contribution in [0.25, 0.3) is 0 Å². The summed E-state index contributed by atoms with van der Waals surface area (Å²) in [5.41, 5.74) is 0.205. The van der Waals surface area contributed by atoms with E-state index in [4.69, 9.17) is 6.42 Å². The number of terminal acetylenes is 1. The highest BCUT2D eigenvalue weighted by Gasteiger charge is 2.63. The Morgan fingerprint density at radius 3 is 2.71 bits per heavy atom. The van der Waals surface area contributed by atoms with Crippen LogP contribution in [0.5, 0.6) is 0 Å². The van der Waals surface area contributed by atoms with Gasteiger partial charge < -0.3 is 15.5 Å². The van der Waals surface area contributed by atoms with Gasteiger partial charge in [0.2, 0.25) is 5.91 Å². The number of hydrogen-bond donors (Lipinski definition) is 3. The molecule has 0 saturated heterocycles. The van der Waals surface area contributed by atoms with Crippen LogP contribution in [0.15, 0.2) is 24.8 Å². The number of carbonyl (C=O) groups excluding carboxylic acids is 1. The molecule has 4 heteroatoms. The molecule has 4 fully saturated rings. The van der Waals surface area contributed by atoms with Gasteiger partial charge in [-0.1, -0.05) is 31.9 Å². The largest absolute Gasteiger partial charge is 0.393 e. The van der Waals surface area contributed by atoms with E-state index in [2.05, 4.69) is 37.7 Å². The van der Waals surface area contributed by atoms with Gasteiger partial charge in [0.1, 0.15) is 0 Å². The van der Waals surface area contributed by atoms with Crippen LogP contribution in [-0.2, 0) is 4.79 Å². The van der Waals surface area contributed by atoms with Crippen molar-refractivity contribution in [2.45, 2.75) is 90.3 Å². The average Bonchev–Trinajstić information content (AvgIpc) is 3.17. The number of aliphatic hydroxyl groups is 2. The SMILES string of the molecule is C#CCNC(=O)/C=C/CC[C@@H](C=C)[C@H]1CC[C@H]2[C@@H]3CC[C@@H]4C[C@H](O)CC[C@]4(C)C3CC(O)[C@]12C. The summed E-state index contributed by atoms with van der Waals surface area (Å²) in [5, 5.41) is 24.7. The van der Waals surface area contributed by atoms with Gasteiger partial charge in [-0.15, -0.1) is 13.0 Å². The van der Waals surface area contributed by atoms with Gasteiger partial charge in [-0.25, -0.2) is 0 Å². The number of rotatable bonds is 7. The second kappa shape index (κ2) is 10.2. The number of allylic oxidation sites excluding steroid dienone is 2. The highest BCUT2D eigenvalue weighted by molar-refractivity contribution is 5.87. The van der Waals surface area contributed by atoms with Gasteiger partial charge in [-0.05, 0) is 117 Å². The monoisotopic (exact) mass is 467 g/mol. The molecule has 0 aromatic heterocycles. The smallest absolute Gasteiger partial charge is 0.244 e. The summed E-state index contributed by atoms with van der Waals surface area (Å²) >= 11 is 0. The summed E-state index contributed by atoms with van der Waals surface area (Å²) in [6.07, 6.45) is 20.9. The lowest BCUT2D eigenvalue weighted by Gasteiger charge is -2.62. The molecule has 3 N–H and O–H groups in total. The fourth-order valence-corrected chi connectivity index (χ4v) is 9.10. The van der Waals surface area contributed by atoms with E-state index >= 15 is 0 Å². The van der Waals surface area contributed by atoms with Crippen molar-refractivity contribution in [2.24, 2.45) is 46.3 Å². The molecule has 0 radical (unpaired) electrons. The molecule has 4 aliphatic carbocycles. The second-order valence-corrected chi connectivity index (χ2v) is 12.2. The molecule has 188 valence electrons. The molecule has 0 aliphatic heterocycles. The Hall–Kier alpha value is -1.57. The Kier molecular flexibility index (Phi) is 7.65. The normalized spacial score (nSPS) is 44.4. The van der Waals surface area contributed by atoms with Crippen LogP contribution in [0, 0.1) is 58.7 Å². The third-order valence-electron chi connectivity index (χ3n) is 10.9. The van der Waals surface area contributed by atoms with Crippen LogP contribution in [0.2, 0.25) is 0 Å². The van der Waals surface area contributed by atoms with E-state index in [0.717, 1.165) is 44.9 Å². The first-order valence-electron chi connectivity index (χ1n) is 13.6. The maximum Gasteiger partial charge on any atom is 0.244 e. The number of aliphatic hydroxyl groups excluding tert-OH is 2. The highest BCUT2D eigenvalue weighted by Crippen LogP contribution is 2.68. The lowest BCUT2D eigenvalue weighted by molar-refractivity contribution is -0.173. The molecule has 4 rings (SSSR count). The van der Waals surface area contributed by atoms with E-state index < -0.39 is 0 Å². The molecule has 0 heterocycles. The van der Waals surface area contributed by atoms with Crippen molar-refractivity contribution in [3.8, 4) is 12.3 Å². The van der Waals surface area contributed by atoms with E-state index in [1.807, 2.05) is 6.08 Å². The molecule has 2 unspecified atom stereocenters. The molecule has 0 spiro atoms. The van der Waals surface area contributed by atoms with Crippen molar-refractivity contribution in [2.75, 3.05) is 6.54 Å². The van der Waals surface area contributed by atoms with Crippen molar-refractivity contribution < 1.29 is 15.0 Å².